The first-order valence-corrected chi connectivity index (χ1v) is 7.90. The van der Waals surface area contributed by atoms with Crippen molar-refractivity contribution in [3.8, 4) is 17.2 Å². The second-order valence-corrected chi connectivity index (χ2v) is 5.03. The van der Waals surface area contributed by atoms with Gasteiger partial charge in [-0.05, 0) is 31.2 Å². The largest absolute Gasteiger partial charge is 0.490 e. The van der Waals surface area contributed by atoms with Crippen LogP contribution in [0.4, 0.5) is 13.2 Å². The number of para-hydroxylation sites is 1. The van der Waals surface area contributed by atoms with Crippen LogP contribution in [0.1, 0.15) is 12.5 Å². The number of ether oxygens (including phenoxy) is 3. The van der Waals surface area contributed by atoms with Crippen molar-refractivity contribution in [3.05, 3.63) is 53.8 Å². The zero-order valence-electron chi connectivity index (χ0n) is 14.3. The molecule has 27 heavy (non-hydrogen) atoms. The van der Waals surface area contributed by atoms with Crippen LogP contribution in [0.5, 0.6) is 17.2 Å². The van der Waals surface area contributed by atoms with Gasteiger partial charge in [0.25, 0.3) is 5.91 Å². The summed E-state index contributed by atoms with van der Waals surface area (Å²) in [6, 6.07) is 9.82. The highest BCUT2D eigenvalue weighted by Crippen LogP contribution is 2.31. The molecule has 0 bridgehead atoms. The van der Waals surface area contributed by atoms with E-state index < -0.39 is 24.9 Å². The van der Waals surface area contributed by atoms with Crippen LogP contribution in [0.15, 0.2) is 47.6 Å². The first kappa shape index (κ1) is 20.1. The number of nitrogens with one attached hydrogen (secondary N) is 1. The molecule has 2 aromatic carbocycles. The minimum absolute atomic E-state index is 0.127. The van der Waals surface area contributed by atoms with E-state index in [9.17, 15) is 18.0 Å². The molecule has 0 unspecified atom stereocenters. The molecule has 2 rings (SSSR count). The third-order valence-electron chi connectivity index (χ3n) is 3.08. The lowest BCUT2D eigenvalue weighted by atomic mass is 10.2. The van der Waals surface area contributed by atoms with E-state index in [2.05, 4.69) is 15.3 Å². The van der Waals surface area contributed by atoms with Gasteiger partial charge in [-0.15, -0.1) is 0 Å². The van der Waals surface area contributed by atoms with Gasteiger partial charge in [0, 0.05) is 11.6 Å². The summed E-state index contributed by atoms with van der Waals surface area (Å²) in [5.74, 6) is -0.989. The number of amides is 1. The molecule has 1 amide bonds. The summed E-state index contributed by atoms with van der Waals surface area (Å²) in [5, 5.41) is 3.68. The third kappa shape index (κ3) is 6.53. The van der Waals surface area contributed by atoms with Gasteiger partial charge in [-0.1, -0.05) is 12.1 Å². The van der Waals surface area contributed by atoms with Gasteiger partial charge in [0.05, 0.1) is 12.8 Å². The van der Waals surface area contributed by atoms with Crippen molar-refractivity contribution in [1.82, 2.24) is 5.43 Å². The summed E-state index contributed by atoms with van der Waals surface area (Å²) in [6.07, 6.45) is 1.14. The molecule has 0 fully saturated rings. The van der Waals surface area contributed by atoms with Crippen molar-refractivity contribution in [2.75, 3.05) is 13.2 Å². The Labute approximate surface area is 153 Å². The summed E-state index contributed by atoms with van der Waals surface area (Å²) in [5.41, 5.74) is 2.36. The lowest BCUT2D eigenvalue weighted by Crippen LogP contribution is -2.24. The van der Waals surface area contributed by atoms with Crippen LogP contribution in [0, 0.1) is 5.82 Å². The summed E-state index contributed by atoms with van der Waals surface area (Å²) in [4.78, 5) is 11.7. The standard InChI is InChI=1S/C18H17F3N2O4/c1-2-25-15-8-3-5-12(17(15)27-18(20)21)10-22-23-16(24)11-26-14-7-4-6-13(19)9-14/h3-10,18H,2,11H2,1H3,(H,23,24)/b22-10-. The molecule has 2 aromatic rings. The molecule has 0 spiro atoms. The van der Waals surface area contributed by atoms with Crippen LogP contribution >= 0.6 is 0 Å². The SMILES string of the molecule is CCOc1cccc(/C=N\NC(=O)COc2cccc(F)c2)c1OC(F)F. The minimum Gasteiger partial charge on any atom is -0.490 e. The maximum Gasteiger partial charge on any atom is 0.387 e. The molecule has 1 N–H and O–H groups in total. The van der Waals surface area contributed by atoms with Gasteiger partial charge in [-0.3, -0.25) is 4.79 Å². The van der Waals surface area contributed by atoms with Crippen molar-refractivity contribution >= 4 is 12.1 Å². The number of carbonyl (C=O) groups excluding carboxylic acids is 1. The average molecular weight is 382 g/mol. The molecule has 0 radical (unpaired) electrons. The van der Waals surface area contributed by atoms with Crippen molar-refractivity contribution in [2.24, 2.45) is 5.10 Å². The van der Waals surface area contributed by atoms with Crippen LogP contribution < -0.4 is 19.6 Å². The molecule has 0 aliphatic carbocycles. The van der Waals surface area contributed by atoms with Gasteiger partial charge in [-0.2, -0.15) is 13.9 Å². The number of alkyl halides is 2. The Balaban J connectivity index is 1.98. The van der Waals surface area contributed by atoms with Crippen LogP contribution in [-0.4, -0.2) is 31.9 Å². The Bertz CT molecular complexity index is 800. The number of halogens is 3. The fraction of sp³-hybridized carbons (Fsp3) is 0.222. The molecule has 0 saturated heterocycles. The van der Waals surface area contributed by atoms with Gasteiger partial charge in [0.1, 0.15) is 11.6 Å². The molecule has 0 aromatic heterocycles. The van der Waals surface area contributed by atoms with E-state index >= 15 is 0 Å². The van der Waals surface area contributed by atoms with Crippen molar-refractivity contribution in [2.45, 2.75) is 13.5 Å². The van der Waals surface area contributed by atoms with Crippen molar-refractivity contribution in [1.29, 1.82) is 0 Å². The summed E-state index contributed by atoms with van der Waals surface area (Å²) in [6.45, 7) is -1.49. The molecule has 0 heterocycles. The third-order valence-corrected chi connectivity index (χ3v) is 3.08. The molecule has 0 aliphatic rings. The van der Waals surface area contributed by atoms with E-state index in [-0.39, 0.29) is 29.4 Å². The Morgan fingerprint density at radius 3 is 2.70 bits per heavy atom. The maximum absolute atomic E-state index is 13.0. The fourth-order valence-electron chi connectivity index (χ4n) is 2.03. The monoisotopic (exact) mass is 382 g/mol. The fourth-order valence-corrected chi connectivity index (χ4v) is 2.03. The summed E-state index contributed by atoms with van der Waals surface area (Å²) < 4.78 is 53.1. The van der Waals surface area contributed by atoms with Crippen molar-refractivity contribution < 1.29 is 32.2 Å². The second-order valence-electron chi connectivity index (χ2n) is 5.03. The maximum atomic E-state index is 13.0. The number of hydrogen-bond donors (Lipinski definition) is 1. The number of rotatable bonds is 9. The first-order valence-electron chi connectivity index (χ1n) is 7.90. The van der Waals surface area contributed by atoms with E-state index in [0.717, 1.165) is 12.3 Å². The predicted molar refractivity (Wildman–Crippen MR) is 91.9 cm³/mol. The van der Waals surface area contributed by atoms with E-state index in [0.29, 0.717) is 0 Å². The van der Waals surface area contributed by atoms with Gasteiger partial charge in [-0.25, -0.2) is 9.82 Å². The molecule has 144 valence electrons. The van der Waals surface area contributed by atoms with E-state index in [1.165, 1.54) is 30.3 Å². The lowest BCUT2D eigenvalue weighted by Gasteiger charge is -2.13. The van der Waals surface area contributed by atoms with Crippen LogP contribution in [0.25, 0.3) is 0 Å². The first-order chi connectivity index (χ1) is 13.0. The van der Waals surface area contributed by atoms with Crippen molar-refractivity contribution in [3.63, 3.8) is 0 Å². The van der Waals surface area contributed by atoms with Crippen LogP contribution in [-0.2, 0) is 4.79 Å². The Morgan fingerprint density at radius 2 is 2.00 bits per heavy atom. The van der Waals surface area contributed by atoms with E-state index in [1.54, 1.807) is 13.0 Å². The lowest BCUT2D eigenvalue weighted by molar-refractivity contribution is -0.123. The molecule has 0 saturated carbocycles. The zero-order chi connectivity index (χ0) is 19.6. The molecule has 0 atom stereocenters. The number of benzene rings is 2. The highest BCUT2D eigenvalue weighted by Gasteiger charge is 2.14. The zero-order valence-corrected chi connectivity index (χ0v) is 14.3. The number of hydrogen-bond acceptors (Lipinski definition) is 5. The topological polar surface area (TPSA) is 69.2 Å². The van der Waals surface area contributed by atoms with Crippen LogP contribution in [0.2, 0.25) is 0 Å². The molecular weight excluding hydrogens is 365 g/mol. The Hall–Kier alpha value is -3.23. The molecule has 9 heteroatoms. The highest BCUT2D eigenvalue weighted by molar-refractivity contribution is 5.86. The number of hydrazone groups is 1. The Morgan fingerprint density at radius 1 is 1.22 bits per heavy atom. The van der Waals surface area contributed by atoms with Crippen LogP contribution in [0.3, 0.4) is 0 Å². The highest BCUT2D eigenvalue weighted by atomic mass is 19.3. The van der Waals surface area contributed by atoms with Gasteiger partial charge in [0.2, 0.25) is 0 Å². The quantitative estimate of drug-likeness (QED) is 0.533. The summed E-state index contributed by atoms with van der Waals surface area (Å²) >= 11 is 0. The van der Waals surface area contributed by atoms with E-state index in [4.69, 9.17) is 9.47 Å². The number of carbonyl (C=O) groups is 1. The van der Waals surface area contributed by atoms with Gasteiger partial charge < -0.3 is 14.2 Å². The average Bonchev–Trinajstić information content (AvgIpc) is 2.62. The van der Waals surface area contributed by atoms with E-state index in [1.807, 2.05) is 0 Å². The second kappa shape index (κ2) is 10.0. The predicted octanol–water partition coefficient (Wildman–Crippen LogP) is 3.35. The molecule has 6 nitrogen and oxygen atoms in total. The Kier molecular flexibility index (Phi) is 7.48. The van der Waals surface area contributed by atoms with Gasteiger partial charge >= 0.3 is 6.61 Å². The minimum atomic E-state index is -3.05. The van der Waals surface area contributed by atoms with Gasteiger partial charge in [0.15, 0.2) is 18.1 Å². The molecule has 0 aliphatic heterocycles. The number of nitrogens with zero attached hydrogens (tertiary/aromatic N) is 1. The molecular formula is C18H17F3N2O4. The smallest absolute Gasteiger partial charge is 0.387 e. The normalized spacial score (nSPS) is 10.9. The summed E-state index contributed by atoms with van der Waals surface area (Å²) in [7, 11) is 0.